The van der Waals surface area contributed by atoms with Crippen molar-refractivity contribution in [1.82, 2.24) is 10.2 Å². The Labute approximate surface area is 119 Å². The fraction of sp³-hybridized carbons (Fsp3) is 0.846. The van der Waals surface area contributed by atoms with E-state index in [1.807, 2.05) is 13.8 Å². The van der Waals surface area contributed by atoms with Crippen molar-refractivity contribution in [3.05, 3.63) is 0 Å². The zero-order valence-corrected chi connectivity index (χ0v) is 12.7. The minimum atomic E-state index is -0.874. The number of aliphatic carboxylic acids is 1. The Morgan fingerprint density at radius 2 is 2.11 bits per heavy atom. The zero-order chi connectivity index (χ0) is 14.4. The molecule has 19 heavy (non-hydrogen) atoms. The minimum absolute atomic E-state index is 0.00785. The molecule has 2 atom stereocenters. The van der Waals surface area contributed by atoms with Gasteiger partial charge in [0.05, 0.1) is 6.42 Å². The SMILES string of the molecule is CSC1CCCC1NC(=O)N(CCC(=O)O)C(C)C. The van der Waals surface area contributed by atoms with Gasteiger partial charge >= 0.3 is 12.0 Å². The van der Waals surface area contributed by atoms with Gasteiger partial charge in [0.25, 0.3) is 0 Å². The highest BCUT2D eigenvalue weighted by atomic mass is 32.2. The third-order valence-corrected chi connectivity index (χ3v) is 4.68. The second-order valence-corrected chi connectivity index (χ2v) is 6.27. The van der Waals surface area contributed by atoms with Crippen LogP contribution in [0.4, 0.5) is 4.79 Å². The van der Waals surface area contributed by atoms with Crippen LogP contribution in [0.15, 0.2) is 0 Å². The Morgan fingerprint density at radius 3 is 2.63 bits per heavy atom. The lowest BCUT2D eigenvalue weighted by Crippen LogP contribution is -2.49. The Balaban J connectivity index is 2.54. The molecule has 2 N–H and O–H groups in total. The van der Waals surface area contributed by atoms with E-state index in [1.54, 1.807) is 16.7 Å². The van der Waals surface area contributed by atoms with Crippen LogP contribution in [0.1, 0.15) is 39.5 Å². The van der Waals surface area contributed by atoms with Crippen LogP contribution < -0.4 is 5.32 Å². The standard InChI is InChI=1S/C13H24N2O3S/c1-9(2)15(8-7-12(16)17)13(18)14-10-5-4-6-11(10)19-3/h9-11H,4-8H2,1-3H3,(H,14,18)(H,16,17). The molecular weight excluding hydrogens is 264 g/mol. The van der Waals surface area contributed by atoms with Gasteiger partial charge in [0, 0.05) is 23.9 Å². The maximum atomic E-state index is 12.2. The second kappa shape index (κ2) is 7.62. The van der Waals surface area contributed by atoms with Gasteiger partial charge in [-0.05, 0) is 32.9 Å². The summed E-state index contributed by atoms with van der Waals surface area (Å²) in [4.78, 5) is 24.5. The first-order chi connectivity index (χ1) is 8.95. The number of carbonyl (C=O) groups is 2. The van der Waals surface area contributed by atoms with Crippen molar-refractivity contribution in [2.75, 3.05) is 12.8 Å². The van der Waals surface area contributed by atoms with Crippen LogP contribution in [0.5, 0.6) is 0 Å². The predicted octanol–water partition coefficient (Wildman–Crippen LogP) is 2.17. The Kier molecular flexibility index (Phi) is 6.48. The Bertz CT molecular complexity index is 323. The topological polar surface area (TPSA) is 69.6 Å². The number of nitrogens with zero attached hydrogens (tertiary/aromatic N) is 1. The molecule has 2 amide bonds. The fourth-order valence-corrected chi connectivity index (χ4v) is 3.36. The summed E-state index contributed by atoms with van der Waals surface area (Å²) in [6, 6.07) is 0.0873. The Hall–Kier alpha value is -0.910. The van der Waals surface area contributed by atoms with Crippen LogP contribution in [0.3, 0.4) is 0 Å². The van der Waals surface area contributed by atoms with E-state index in [0.29, 0.717) is 5.25 Å². The first kappa shape index (κ1) is 16.1. The third kappa shape index (κ3) is 4.93. The van der Waals surface area contributed by atoms with E-state index in [2.05, 4.69) is 11.6 Å². The normalized spacial score (nSPS) is 22.5. The number of carboxylic acids is 1. The first-order valence-electron chi connectivity index (χ1n) is 6.77. The largest absolute Gasteiger partial charge is 0.481 e. The van der Waals surface area contributed by atoms with E-state index in [1.165, 1.54) is 0 Å². The van der Waals surface area contributed by atoms with E-state index < -0.39 is 5.97 Å². The summed E-state index contributed by atoms with van der Waals surface area (Å²) in [5, 5.41) is 12.3. The summed E-state index contributed by atoms with van der Waals surface area (Å²) in [5.74, 6) is -0.874. The average molecular weight is 288 g/mol. The number of urea groups is 1. The molecule has 5 nitrogen and oxygen atoms in total. The van der Waals surface area contributed by atoms with Crippen molar-refractivity contribution in [1.29, 1.82) is 0 Å². The molecule has 0 aromatic heterocycles. The molecular formula is C13H24N2O3S. The van der Waals surface area contributed by atoms with Crippen LogP contribution in [0.2, 0.25) is 0 Å². The van der Waals surface area contributed by atoms with Gasteiger partial charge in [0.2, 0.25) is 0 Å². The van der Waals surface area contributed by atoms with Gasteiger partial charge in [0.1, 0.15) is 0 Å². The van der Waals surface area contributed by atoms with Crippen LogP contribution in [-0.4, -0.2) is 52.1 Å². The van der Waals surface area contributed by atoms with Crippen molar-refractivity contribution in [3.8, 4) is 0 Å². The van der Waals surface area contributed by atoms with Crippen molar-refractivity contribution < 1.29 is 14.7 Å². The van der Waals surface area contributed by atoms with Crippen molar-refractivity contribution in [2.45, 2.75) is 56.9 Å². The number of thioether (sulfide) groups is 1. The fourth-order valence-electron chi connectivity index (χ4n) is 2.43. The minimum Gasteiger partial charge on any atom is -0.481 e. The van der Waals surface area contributed by atoms with Gasteiger partial charge in [-0.1, -0.05) is 6.42 Å². The Morgan fingerprint density at radius 1 is 1.42 bits per heavy atom. The number of rotatable bonds is 6. The van der Waals surface area contributed by atoms with Crippen LogP contribution in [0, 0.1) is 0 Å². The summed E-state index contributed by atoms with van der Waals surface area (Å²) >= 11 is 1.79. The van der Waals surface area contributed by atoms with Gasteiger partial charge in [-0.15, -0.1) is 0 Å². The van der Waals surface area contributed by atoms with E-state index in [-0.39, 0.29) is 31.1 Å². The van der Waals surface area contributed by atoms with Gasteiger partial charge in [0.15, 0.2) is 0 Å². The van der Waals surface area contributed by atoms with Crippen molar-refractivity contribution >= 4 is 23.8 Å². The summed E-state index contributed by atoms with van der Waals surface area (Å²) in [5.41, 5.74) is 0. The number of hydrogen-bond acceptors (Lipinski definition) is 3. The lowest BCUT2D eigenvalue weighted by Gasteiger charge is -2.29. The van der Waals surface area contributed by atoms with Crippen LogP contribution in [0.25, 0.3) is 0 Å². The molecule has 0 saturated heterocycles. The predicted molar refractivity (Wildman–Crippen MR) is 77.6 cm³/mol. The van der Waals surface area contributed by atoms with Crippen LogP contribution in [-0.2, 0) is 4.79 Å². The molecule has 0 aromatic rings. The van der Waals surface area contributed by atoms with Crippen molar-refractivity contribution in [3.63, 3.8) is 0 Å². The highest BCUT2D eigenvalue weighted by Gasteiger charge is 2.29. The number of amides is 2. The van der Waals surface area contributed by atoms with E-state index in [9.17, 15) is 9.59 Å². The van der Waals surface area contributed by atoms with Gasteiger partial charge in [-0.2, -0.15) is 11.8 Å². The molecule has 0 heterocycles. The molecule has 0 bridgehead atoms. The molecule has 0 aliphatic heterocycles. The highest BCUT2D eigenvalue weighted by Crippen LogP contribution is 2.28. The second-order valence-electron chi connectivity index (χ2n) is 5.19. The van der Waals surface area contributed by atoms with E-state index in [4.69, 9.17) is 5.11 Å². The maximum Gasteiger partial charge on any atom is 0.317 e. The van der Waals surface area contributed by atoms with E-state index >= 15 is 0 Å². The molecule has 1 saturated carbocycles. The first-order valence-corrected chi connectivity index (χ1v) is 8.06. The van der Waals surface area contributed by atoms with Crippen molar-refractivity contribution in [2.24, 2.45) is 0 Å². The number of hydrogen-bond donors (Lipinski definition) is 2. The summed E-state index contributed by atoms with van der Waals surface area (Å²) in [6.45, 7) is 4.07. The third-order valence-electron chi connectivity index (χ3n) is 3.51. The van der Waals surface area contributed by atoms with E-state index in [0.717, 1.165) is 19.3 Å². The molecule has 0 aromatic carbocycles. The quantitative estimate of drug-likeness (QED) is 0.786. The molecule has 2 unspecified atom stereocenters. The highest BCUT2D eigenvalue weighted by molar-refractivity contribution is 7.99. The number of nitrogens with one attached hydrogen (secondary N) is 1. The van der Waals surface area contributed by atoms with Gasteiger partial charge in [-0.3, -0.25) is 4.79 Å². The summed E-state index contributed by atoms with van der Waals surface area (Å²) in [6.07, 6.45) is 5.36. The molecule has 0 spiro atoms. The molecule has 0 radical (unpaired) electrons. The molecule has 110 valence electrons. The van der Waals surface area contributed by atoms with Gasteiger partial charge < -0.3 is 15.3 Å². The monoisotopic (exact) mass is 288 g/mol. The maximum absolute atomic E-state index is 12.2. The lowest BCUT2D eigenvalue weighted by molar-refractivity contribution is -0.137. The summed E-state index contributed by atoms with van der Waals surface area (Å²) in [7, 11) is 0. The molecule has 6 heteroatoms. The van der Waals surface area contributed by atoms with Gasteiger partial charge in [-0.25, -0.2) is 4.79 Å². The molecule has 1 aliphatic carbocycles. The number of carboxylic acid groups (broad SMARTS) is 1. The number of carbonyl (C=O) groups excluding carboxylic acids is 1. The summed E-state index contributed by atoms with van der Waals surface area (Å²) < 4.78 is 0. The smallest absolute Gasteiger partial charge is 0.317 e. The molecule has 1 rings (SSSR count). The lowest BCUT2D eigenvalue weighted by atomic mass is 10.2. The molecule has 1 fully saturated rings. The zero-order valence-electron chi connectivity index (χ0n) is 11.9. The average Bonchev–Trinajstić information content (AvgIpc) is 2.75. The van der Waals surface area contributed by atoms with Crippen LogP contribution >= 0.6 is 11.8 Å². The molecule has 1 aliphatic rings.